The van der Waals surface area contributed by atoms with E-state index in [0.29, 0.717) is 10.5 Å². The maximum Gasteiger partial charge on any atom is 0.0350 e. The zero-order valence-electron chi connectivity index (χ0n) is 10.5. The highest BCUT2D eigenvalue weighted by molar-refractivity contribution is 6.42. The summed E-state index contributed by atoms with van der Waals surface area (Å²) < 4.78 is 0. The molecule has 0 aromatic rings. The Hall–Kier alpha value is -0.303. The molecule has 14 heavy (non-hydrogen) atoms. The van der Waals surface area contributed by atoms with Crippen molar-refractivity contribution >= 4 is 9.52 Å². The van der Waals surface area contributed by atoms with Crippen molar-refractivity contribution in [2.24, 2.45) is 5.41 Å². The zero-order chi connectivity index (χ0) is 11.0. The molecule has 1 unspecified atom stereocenters. The maximum atomic E-state index is 2.50. The summed E-state index contributed by atoms with van der Waals surface area (Å²) >= 11 is 0. The van der Waals surface area contributed by atoms with E-state index in [2.05, 4.69) is 59.8 Å². The standard InChI is InChI=1S/C13H24Si/c1-10-7-8-13(5,6)11(9-10)14-12(2,3)4/h7-9,11H,14H2,1-6H3. The van der Waals surface area contributed by atoms with Crippen molar-refractivity contribution in [2.45, 2.75) is 52.1 Å². The van der Waals surface area contributed by atoms with Crippen LogP contribution in [0.5, 0.6) is 0 Å². The molecule has 0 radical (unpaired) electrons. The Morgan fingerprint density at radius 3 is 2.36 bits per heavy atom. The molecule has 0 nitrogen and oxygen atoms in total. The van der Waals surface area contributed by atoms with E-state index in [4.69, 9.17) is 0 Å². The third-order valence-electron chi connectivity index (χ3n) is 3.03. The summed E-state index contributed by atoms with van der Waals surface area (Å²) in [6, 6.07) is 0. The molecule has 0 amide bonds. The van der Waals surface area contributed by atoms with Crippen LogP contribution >= 0.6 is 0 Å². The molecule has 1 heteroatoms. The van der Waals surface area contributed by atoms with Crippen LogP contribution in [0, 0.1) is 5.41 Å². The van der Waals surface area contributed by atoms with Gasteiger partial charge in [0.15, 0.2) is 0 Å². The summed E-state index contributed by atoms with van der Waals surface area (Å²) in [4.78, 5) is 0. The molecule has 0 N–H and O–H groups in total. The fourth-order valence-corrected chi connectivity index (χ4v) is 4.51. The van der Waals surface area contributed by atoms with Gasteiger partial charge < -0.3 is 0 Å². The molecule has 1 aliphatic carbocycles. The fraction of sp³-hybridized carbons (Fsp3) is 0.692. The van der Waals surface area contributed by atoms with Crippen molar-refractivity contribution in [3.63, 3.8) is 0 Å². The molecule has 80 valence electrons. The summed E-state index contributed by atoms with van der Waals surface area (Å²) in [5, 5.41) is 0.559. The molecule has 0 saturated heterocycles. The van der Waals surface area contributed by atoms with E-state index >= 15 is 0 Å². The van der Waals surface area contributed by atoms with Gasteiger partial charge in [0.05, 0.1) is 0 Å². The smallest absolute Gasteiger partial charge is 0.0350 e. The van der Waals surface area contributed by atoms with Crippen LogP contribution in [0.3, 0.4) is 0 Å². The summed E-state index contributed by atoms with van der Waals surface area (Å²) in [6.07, 6.45) is 7.16. The van der Waals surface area contributed by atoms with Gasteiger partial charge in [-0.25, -0.2) is 0 Å². The molecule has 0 aromatic heterocycles. The first-order valence-corrected chi connectivity index (χ1v) is 7.11. The largest absolute Gasteiger partial charge is 0.0809 e. The zero-order valence-corrected chi connectivity index (χ0v) is 11.9. The van der Waals surface area contributed by atoms with Gasteiger partial charge in [-0.15, -0.1) is 0 Å². The molecule has 0 aromatic carbocycles. The quantitative estimate of drug-likeness (QED) is 0.576. The van der Waals surface area contributed by atoms with Crippen molar-refractivity contribution in [1.29, 1.82) is 0 Å². The van der Waals surface area contributed by atoms with Crippen molar-refractivity contribution in [1.82, 2.24) is 0 Å². The second kappa shape index (κ2) is 3.69. The van der Waals surface area contributed by atoms with Crippen LogP contribution in [0.2, 0.25) is 10.6 Å². The SMILES string of the molecule is CC1=CC([SiH2]C(C)(C)C)C(C)(C)C=C1. The summed E-state index contributed by atoms with van der Waals surface area (Å²) in [5.41, 5.74) is 2.66. The van der Waals surface area contributed by atoms with Gasteiger partial charge >= 0.3 is 0 Å². The first-order chi connectivity index (χ1) is 6.21. The van der Waals surface area contributed by atoms with Crippen LogP contribution in [0.15, 0.2) is 23.8 Å². The summed E-state index contributed by atoms with van der Waals surface area (Å²) in [6.45, 7) is 14.1. The van der Waals surface area contributed by atoms with Crippen molar-refractivity contribution in [2.75, 3.05) is 0 Å². The summed E-state index contributed by atoms with van der Waals surface area (Å²) in [5.74, 6) is 0. The van der Waals surface area contributed by atoms with Crippen LogP contribution in [0.4, 0.5) is 0 Å². The van der Waals surface area contributed by atoms with Gasteiger partial charge in [0.25, 0.3) is 0 Å². The average molecular weight is 208 g/mol. The van der Waals surface area contributed by atoms with Gasteiger partial charge in [-0.05, 0) is 22.9 Å². The monoisotopic (exact) mass is 208 g/mol. The maximum absolute atomic E-state index is 2.50. The Labute approximate surface area is 91.3 Å². The Balaban J connectivity index is 2.81. The molecule has 1 rings (SSSR count). The van der Waals surface area contributed by atoms with Crippen LogP contribution in [-0.2, 0) is 0 Å². The Morgan fingerprint density at radius 2 is 1.86 bits per heavy atom. The van der Waals surface area contributed by atoms with Crippen molar-refractivity contribution in [3.8, 4) is 0 Å². The van der Waals surface area contributed by atoms with Gasteiger partial charge in [-0.1, -0.05) is 58.4 Å². The minimum atomic E-state index is -0.0598. The Morgan fingerprint density at radius 1 is 1.29 bits per heavy atom. The van der Waals surface area contributed by atoms with Crippen molar-refractivity contribution in [3.05, 3.63) is 23.8 Å². The molecule has 0 heterocycles. The molecular formula is C13H24Si. The lowest BCUT2D eigenvalue weighted by Gasteiger charge is -2.36. The molecule has 1 aliphatic rings. The van der Waals surface area contributed by atoms with Crippen LogP contribution < -0.4 is 0 Å². The van der Waals surface area contributed by atoms with Gasteiger partial charge in [0, 0.05) is 9.52 Å². The highest BCUT2D eigenvalue weighted by Crippen LogP contribution is 2.42. The topological polar surface area (TPSA) is 0 Å². The van der Waals surface area contributed by atoms with E-state index in [1.54, 1.807) is 0 Å². The molecule has 0 fully saturated rings. The normalized spacial score (nSPS) is 27.0. The second-order valence-electron chi connectivity index (χ2n) is 6.44. The van der Waals surface area contributed by atoms with E-state index < -0.39 is 0 Å². The predicted octanol–water partition coefficient (Wildman–Crippen LogP) is 3.70. The van der Waals surface area contributed by atoms with E-state index in [1.165, 1.54) is 5.57 Å². The lowest BCUT2D eigenvalue weighted by atomic mass is 9.83. The number of allylic oxidation sites excluding steroid dienone is 4. The number of rotatable bonds is 1. The average Bonchev–Trinajstić information content (AvgIpc) is 1.95. The third kappa shape index (κ3) is 3.12. The van der Waals surface area contributed by atoms with Crippen molar-refractivity contribution < 1.29 is 0 Å². The predicted molar refractivity (Wildman–Crippen MR) is 68.7 cm³/mol. The van der Waals surface area contributed by atoms with Gasteiger partial charge in [-0.3, -0.25) is 0 Å². The van der Waals surface area contributed by atoms with Gasteiger partial charge in [0.1, 0.15) is 0 Å². The molecule has 0 aliphatic heterocycles. The highest BCUT2D eigenvalue weighted by Gasteiger charge is 2.31. The van der Waals surface area contributed by atoms with Gasteiger partial charge in [-0.2, -0.15) is 0 Å². The van der Waals surface area contributed by atoms with E-state index in [9.17, 15) is 0 Å². The van der Waals surface area contributed by atoms with Crippen LogP contribution in [0.25, 0.3) is 0 Å². The highest BCUT2D eigenvalue weighted by atomic mass is 28.2. The molecule has 1 atom stereocenters. The molecule has 0 saturated carbocycles. The third-order valence-corrected chi connectivity index (χ3v) is 5.98. The summed E-state index contributed by atoms with van der Waals surface area (Å²) in [7, 11) is -0.0598. The minimum Gasteiger partial charge on any atom is -0.0809 e. The van der Waals surface area contributed by atoms with E-state index in [0.717, 1.165) is 5.54 Å². The molecule has 0 spiro atoms. The lowest BCUT2D eigenvalue weighted by Crippen LogP contribution is -2.27. The fourth-order valence-electron chi connectivity index (χ4n) is 2.04. The first-order valence-electron chi connectivity index (χ1n) is 5.58. The Bertz CT molecular complexity index is 263. The molecular weight excluding hydrogens is 184 g/mol. The second-order valence-corrected chi connectivity index (χ2v) is 9.85. The number of hydrogen-bond donors (Lipinski definition) is 0. The Kier molecular flexibility index (Phi) is 3.10. The van der Waals surface area contributed by atoms with Gasteiger partial charge in [0.2, 0.25) is 0 Å². The van der Waals surface area contributed by atoms with Crippen LogP contribution in [0.1, 0.15) is 41.5 Å². The van der Waals surface area contributed by atoms with E-state index in [1.807, 2.05) is 0 Å². The van der Waals surface area contributed by atoms with Crippen LogP contribution in [-0.4, -0.2) is 9.52 Å². The first kappa shape index (κ1) is 11.8. The molecule has 0 bridgehead atoms. The number of hydrogen-bond acceptors (Lipinski definition) is 0. The minimum absolute atomic E-state index is 0.0598. The lowest BCUT2D eigenvalue weighted by molar-refractivity contribution is 0.470. The van der Waals surface area contributed by atoms with E-state index in [-0.39, 0.29) is 9.52 Å².